The molecule has 0 aliphatic carbocycles. The van der Waals surface area contributed by atoms with Crippen molar-refractivity contribution in [1.82, 2.24) is 0 Å². The van der Waals surface area contributed by atoms with E-state index in [1.54, 1.807) is 0 Å². The quantitative estimate of drug-likeness (QED) is 0.330. The van der Waals surface area contributed by atoms with E-state index < -0.39 is 17.9 Å². The summed E-state index contributed by atoms with van der Waals surface area (Å²) in [6.45, 7) is 4.36. The molecule has 0 aromatic rings. The van der Waals surface area contributed by atoms with Crippen LogP contribution in [0.25, 0.3) is 0 Å². The molecule has 6 nitrogen and oxygen atoms in total. The van der Waals surface area contributed by atoms with Crippen molar-refractivity contribution < 1.29 is 29.7 Å². The maximum atomic E-state index is 10.6. The average Bonchev–Trinajstić information content (AvgIpc) is 2.51. The number of carboxylic acid groups (broad SMARTS) is 3. The molecule has 0 unspecified atom stereocenters. The van der Waals surface area contributed by atoms with Crippen LogP contribution in [0.3, 0.4) is 0 Å². The first-order valence-corrected chi connectivity index (χ1v) is 9.26. The lowest BCUT2D eigenvalue weighted by Gasteiger charge is -2.30. The van der Waals surface area contributed by atoms with Gasteiger partial charge in [-0.2, -0.15) is 0 Å². The Kier molecular flexibility index (Phi) is 12.8. The van der Waals surface area contributed by atoms with Crippen LogP contribution in [0.2, 0.25) is 0 Å². The molecule has 0 heterocycles. The van der Waals surface area contributed by atoms with Crippen LogP contribution in [-0.2, 0) is 14.4 Å². The van der Waals surface area contributed by atoms with Gasteiger partial charge in [-0.3, -0.25) is 14.4 Å². The van der Waals surface area contributed by atoms with Gasteiger partial charge in [0, 0.05) is 19.3 Å². The van der Waals surface area contributed by atoms with Crippen LogP contribution in [0.1, 0.15) is 89.9 Å². The summed E-state index contributed by atoms with van der Waals surface area (Å²) >= 11 is 0. The molecule has 0 aromatic carbocycles. The van der Waals surface area contributed by atoms with Crippen molar-refractivity contribution in [3.05, 3.63) is 6.92 Å². The summed E-state index contributed by atoms with van der Waals surface area (Å²) < 4.78 is 0. The Morgan fingerprint density at radius 1 is 0.560 bits per heavy atom. The van der Waals surface area contributed by atoms with Crippen LogP contribution in [0, 0.1) is 12.3 Å². The first-order chi connectivity index (χ1) is 11.7. The Morgan fingerprint density at radius 3 is 1.20 bits per heavy atom. The van der Waals surface area contributed by atoms with E-state index in [9.17, 15) is 14.4 Å². The zero-order valence-corrected chi connectivity index (χ0v) is 15.2. The largest absolute Gasteiger partial charge is 0.481 e. The molecule has 6 heteroatoms. The van der Waals surface area contributed by atoms with Crippen LogP contribution in [0.5, 0.6) is 0 Å². The van der Waals surface area contributed by atoms with Crippen LogP contribution >= 0.6 is 0 Å². The maximum absolute atomic E-state index is 10.6. The number of hydrogen-bond donors (Lipinski definition) is 3. The van der Waals surface area contributed by atoms with Gasteiger partial charge in [0.05, 0.1) is 0 Å². The minimum absolute atomic E-state index is 0.135. The predicted molar refractivity (Wildman–Crippen MR) is 95.3 cm³/mol. The molecule has 0 saturated heterocycles. The molecule has 0 spiro atoms. The van der Waals surface area contributed by atoms with Crippen molar-refractivity contribution in [1.29, 1.82) is 0 Å². The average molecular weight is 357 g/mol. The van der Waals surface area contributed by atoms with E-state index in [1.807, 2.05) is 0 Å². The van der Waals surface area contributed by atoms with Gasteiger partial charge in [0.25, 0.3) is 0 Å². The Morgan fingerprint density at radius 2 is 0.840 bits per heavy atom. The third-order valence-corrected chi connectivity index (χ3v) is 4.54. The van der Waals surface area contributed by atoms with Gasteiger partial charge in [0.15, 0.2) is 0 Å². The number of unbranched alkanes of at least 4 members (excludes halogenated alkanes) is 5. The van der Waals surface area contributed by atoms with Gasteiger partial charge in [-0.1, -0.05) is 32.1 Å². The third-order valence-electron chi connectivity index (χ3n) is 4.54. The normalized spacial score (nSPS) is 11.4. The topological polar surface area (TPSA) is 112 Å². The standard InChI is InChI=1S/C19H33O6/c1-19(14-8-5-11-17(22)23,15-9-6-12-18(24)25)13-7-3-2-4-10-16(20)21/h1-15H2,(H,20,21)(H,22,23)(H,24,25). The molecule has 0 aliphatic rings. The molecule has 25 heavy (non-hydrogen) atoms. The van der Waals surface area contributed by atoms with E-state index in [2.05, 4.69) is 6.92 Å². The Bertz CT molecular complexity index is 383. The molecule has 145 valence electrons. The van der Waals surface area contributed by atoms with Gasteiger partial charge in [-0.15, -0.1) is 0 Å². The monoisotopic (exact) mass is 357 g/mol. The first-order valence-electron chi connectivity index (χ1n) is 9.26. The summed E-state index contributed by atoms with van der Waals surface area (Å²) in [5.41, 5.74) is -0.135. The maximum Gasteiger partial charge on any atom is 0.303 e. The van der Waals surface area contributed by atoms with Gasteiger partial charge < -0.3 is 15.3 Å². The number of rotatable bonds is 17. The van der Waals surface area contributed by atoms with E-state index in [4.69, 9.17) is 15.3 Å². The van der Waals surface area contributed by atoms with Gasteiger partial charge in [-0.05, 0) is 50.9 Å². The van der Waals surface area contributed by atoms with E-state index in [0.29, 0.717) is 19.3 Å². The molecule has 0 fully saturated rings. The molecule has 0 bridgehead atoms. The summed E-state index contributed by atoms with van der Waals surface area (Å²) in [7, 11) is 0. The number of carboxylic acids is 3. The van der Waals surface area contributed by atoms with Gasteiger partial charge in [0.1, 0.15) is 0 Å². The molecule has 1 radical (unpaired) electrons. The zero-order valence-electron chi connectivity index (χ0n) is 15.2. The highest BCUT2D eigenvalue weighted by Crippen LogP contribution is 2.36. The molecule has 0 atom stereocenters. The summed E-state index contributed by atoms with van der Waals surface area (Å²) in [5, 5.41) is 26.1. The fourth-order valence-electron chi connectivity index (χ4n) is 3.06. The fourth-order valence-corrected chi connectivity index (χ4v) is 3.06. The summed E-state index contributed by atoms with van der Waals surface area (Å²) in [6, 6.07) is 0. The van der Waals surface area contributed by atoms with E-state index >= 15 is 0 Å². The van der Waals surface area contributed by atoms with Crippen molar-refractivity contribution in [2.24, 2.45) is 5.41 Å². The number of aliphatic carboxylic acids is 3. The smallest absolute Gasteiger partial charge is 0.303 e. The second-order valence-corrected chi connectivity index (χ2v) is 7.01. The van der Waals surface area contributed by atoms with Crippen LogP contribution in [-0.4, -0.2) is 33.2 Å². The van der Waals surface area contributed by atoms with Crippen molar-refractivity contribution in [2.45, 2.75) is 89.9 Å². The molecular formula is C19H33O6. The molecule has 0 aliphatic heterocycles. The van der Waals surface area contributed by atoms with Gasteiger partial charge >= 0.3 is 17.9 Å². The third kappa shape index (κ3) is 15.7. The van der Waals surface area contributed by atoms with Gasteiger partial charge in [0.2, 0.25) is 0 Å². The van der Waals surface area contributed by atoms with Crippen LogP contribution in [0.15, 0.2) is 0 Å². The lowest BCUT2D eigenvalue weighted by molar-refractivity contribution is -0.138. The van der Waals surface area contributed by atoms with E-state index in [-0.39, 0.29) is 24.7 Å². The number of carbonyl (C=O) groups is 3. The molecule has 0 saturated carbocycles. The molecular weight excluding hydrogens is 324 g/mol. The Hall–Kier alpha value is -1.59. The Balaban J connectivity index is 4.17. The first kappa shape index (κ1) is 23.4. The highest BCUT2D eigenvalue weighted by atomic mass is 16.4. The molecule has 3 N–H and O–H groups in total. The Labute approximate surface area is 150 Å². The van der Waals surface area contributed by atoms with Crippen molar-refractivity contribution in [2.75, 3.05) is 0 Å². The molecule has 0 aromatic heterocycles. The van der Waals surface area contributed by atoms with Crippen molar-refractivity contribution >= 4 is 17.9 Å². The lowest BCUT2D eigenvalue weighted by atomic mass is 9.76. The minimum atomic E-state index is -0.783. The molecule has 0 rings (SSSR count). The summed E-state index contributed by atoms with van der Waals surface area (Å²) in [6.07, 6.45) is 9.59. The zero-order chi connectivity index (χ0) is 19.1. The highest BCUT2D eigenvalue weighted by Gasteiger charge is 2.23. The minimum Gasteiger partial charge on any atom is -0.481 e. The highest BCUT2D eigenvalue weighted by molar-refractivity contribution is 5.67. The fraction of sp³-hybridized carbons (Fsp3) is 0.789. The van der Waals surface area contributed by atoms with Gasteiger partial charge in [-0.25, -0.2) is 0 Å². The summed E-state index contributed by atoms with van der Waals surface area (Å²) in [4.78, 5) is 31.7. The van der Waals surface area contributed by atoms with Crippen molar-refractivity contribution in [3.63, 3.8) is 0 Å². The number of hydrogen-bond acceptors (Lipinski definition) is 3. The van der Waals surface area contributed by atoms with E-state index in [0.717, 1.165) is 51.4 Å². The van der Waals surface area contributed by atoms with Crippen LogP contribution in [0.4, 0.5) is 0 Å². The second-order valence-electron chi connectivity index (χ2n) is 7.01. The summed E-state index contributed by atoms with van der Waals surface area (Å²) in [5.74, 6) is -2.33. The molecule has 0 amide bonds. The lowest BCUT2D eigenvalue weighted by Crippen LogP contribution is -2.17. The SMILES string of the molecule is [CH2]C(CCCCCCC(=O)O)(CCCCC(=O)O)CCCCC(=O)O. The van der Waals surface area contributed by atoms with Crippen molar-refractivity contribution in [3.8, 4) is 0 Å². The van der Waals surface area contributed by atoms with E-state index in [1.165, 1.54) is 0 Å². The second kappa shape index (κ2) is 13.7. The predicted octanol–water partition coefficient (Wildman–Crippen LogP) is 4.52. The van der Waals surface area contributed by atoms with Crippen LogP contribution < -0.4 is 0 Å².